The molecule has 124 valence electrons. The van der Waals surface area contributed by atoms with Crippen LogP contribution in [0.15, 0.2) is 18.2 Å². The van der Waals surface area contributed by atoms with Crippen molar-refractivity contribution < 1.29 is 19.0 Å². The van der Waals surface area contributed by atoms with Crippen LogP contribution in [0.5, 0.6) is 0 Å². The van der Waals surface area contributed by atoms with Crippen LogP contribution in [0.2, 0.25) is 0 Å². The second-order valence-corrected chi connectivity index (χ2v) is 5.03. The van der Waals surface area contributed by atoms with Crippen LogP contribution >= 0.6 is 0 Å². The lowest BCUT2D eigenvalue weighted by atomic mass is 10.1. The molecular formula is C16H25FN2O3. The van der Waals surface area contributed by atoms with E-state index in [1.165, 1.54) is 6.07 Å². The maximum atomic E-state index is 14.0. The summed E-state index contributed by atoms with van der Waals surface area (Å²) >= 11 is 0. The lowest BCUT2D eigenvalue weighted by molar-refractivity contribution is -0.136. The number of nitrogens with one attached hydrogen (secondary N) is 1. The highest BCUT2D eigenvalue weighted by atomic mass is 19.1. The zero-order chi connectivity index (χ0) is 16.4. The molecule has 0 aliphatic rings. The molecule has 0 aliphatic carbocycles. The first-order chi connectivity index (χ1) is 10.6. The summed E-state index contributed by atoms with van der Waals surface area (Å²) < 4.78 is 19.0. The van der Waals surface area contributed by atoms with E-state index in [0.717, 1.165) is 18.5 Å². The van der Waals surface area contributed by atoms with E-state index in [4.69, 9.17) is 9.84 Å². The lowest BCUT2D eigenvalue weighted by Crippen LogP contribution is -2.27. The highest BCUT2D eigenvalue weighted by Crippen LogP contribution is 2.21. The van der Waals surface area contributed by atoms with Crippen LogP contribution in [0, 0.1) is 5.82 Å². The molecule has 1 aromatic rings. The minimum atomic E-state index is -0.880. The smallest absolute Gasteiger partial charge is 0.305 e. The molecule has 0 saturated heterocycles. The normalized spacial score (nSPS) is 10.7. The van der Waals surface area contributed by atoms with Gasteiger partial charge < -0.3 is 20.1 Å². The van der Waals surface area contributed by atoms with Crippen molar-refractivity contribution in [2.45, 2.75) is 26.3 Å². The van der Waals surface area contributed by atoms with Gasteiger partial charge in [0, 0.05) is 33.4 Å². The number of rotatable bonds is 11. The van der Waals surface area contributed by atoms with Gasteiger partial charge in [-0.05, 0) is 37.6 Å². The summed E-state index contributed by atoms with van der Waals surface area (Å²) in [6.07, 6.45) is 0.914. The minimum absolute atomic E-state index is 0.00717. The second kappa shape index (κ2) is 10.1. The SMILES string of the molecule is CCN(CCC(=O)O)c1cc(CNCCCOC)ccc1F. The Morgan fingerprint density at radius 2 is 2.23 bits per heavy atom. The zero-order valence-corrected chi connectivity index (χ0v) is 13.3. The van der Waals surface area contributed by atoms with E-state index >= 15 is 0 Å². The molecule has 0 bridgehead atoms. The van der Waals surface area contributed by atoms with Crippen molar-refractivity contribution in [1.29, 1.82) is 0 Å². The predicted octanol–water partition coefficient (Wildman–Crippen LogP) is 2.25. The standard InChI is InChI=1S/C16H25FN2O3/c1-3-19(9-7-16(20)21)15-11-13(5-6-14(15)17)12-18-8-4-10-22-2/h5-6,11,18H,3-4,7-10,12H2,1-2H3,(H,20,21). The Morgan fingerprint density at radius 3 is 2.86 bits per heavy atom. The third-order valence-corrected chi connectivity index (χ3v) is 3.36. The van der Waals surface area contributed by atoms with E-state index < -0.39 is 5.97 Å². The van der Waals surface area contributed by atoms with Gasteiger partial charge in [0.05, 0.1) is 12.1 Å². The second-order valence-electron chi connectivity index (χ2n) is 5.03. The van der Waals surface area contributed by atoms with E-state index in [-0.39, 0.29) is 12.2 Å². The van der Waals surface area contributed by atoms with Crippen molar-refractivity contribution in [1.82, 2.24) is 5.32 Å². The molecule has 2 N–H and O–H groups in total. The molecule has 22 heavy (non-hydrogen) atoms. The third kappa shape index (κ3) is 6.41. The highest BCUT2D eigenvalue weighted by molar-refractivity contribution is 5.67. The molecule has 0 amide bonds. The first-order valence-corrected chi connectivity index (χ1v) is 7.53. The minimum Gasteiger partial charge on any atom is -0.481 e. The van der Waals surface area contributed by atoms with Gasteiger partial charge in [0.2, 0.25) is 0 Å². The number of carboxylic acids is 1. The zero-order valence-electron chi connectivity index (χ0n) is 13.3. The number of hydrogen-bond acceptors (Lipinski definition) is 4. The van der Waals surface area contributed by atoms with Crippen molar-refractivity contribution in [3.05, 3.63) is 29.6 Å². The average Bonchev–Trinajstić information content (AvgIpc) is 2.50. The van der Waals surface area contributed by atoms with Gasteiger partial charge >= 0.3 is 5.97 Å². The van der Waals surface area contributed by atoms with Crippen LogP contribution in [0.25, 0.3) is 0 Å². The van der Waals surface area contributed by atoms with Gasteiger partial charge in [-0.25, -0.2) is 4.39 Å². The molecule has 1 aromatic carbocycles. The molecule has 0 aliphatic heterocycles. The van der Waals surface area contributed by atoms with Gasteiger partial charge in [-0.3, -0.25) is 4.79 Å². The topological polar surface area (TPSA) is 61.8 Å². The number of methoxy groups -OCH3 is 1. The summed E-state index contributed by atoms with van der Waals surface area (Å²) in [5.74, 6) is -1.20. The number of anilines is 1. The van der Waals surface area contributed by atoms with Crippen LogP contribution < -0.4 is 10.2 Å². The van der Waals surface area contributed by atoms with Crippen molar-refractivity contribution in [2.75, 3.05) is 38.3 Å². The molecule has 1 rings (SSSR count). The van der Waals surface area contributed by atoms with Gasteiger partial charge in [0.15, 0.2) is 0 Å². The van der Waals surface area contributed by atoms with Crippen molar-refractivity contribution >= 4 is 11.7 Å². The molecule has 0 spiro atoms. The summed E-state index contributed by atoms with van der Waals surface area (Å²) in [4.78, 5) is 12.4. The highest BCUT2D eigenvalue weighted by Gasteiger charge is 2.12. The quantitative estimate of drug-likeness (QED) is 0.614. The Morgan fingerprint density at radius 1 is 1.45 bits per heavy atom. The number of ether oxygens (including phenoxy) is 1. The average molecular weight is 312 g/mol. The molecule has 0 saturated carbocycles. The summed E-state index contributed by atoms with van der Waals surface area (Å²) in [6, 6.07) is 4.96. The summed E-state index contributed by atoms with van der Waals surface area (Å²) in [6.45, 7) is 4.93. The summed E-state index contributed by atoms with van der Waals surface area (Å²) in [5.41, 5.74) is 1.43. The van der Waals surface area contributed by atoms with E-state index in [9.17, 15) is 9.18 Å². The van der Waals surface area contributed by atoms with Crippen LogP contribution in [-0.2, 0) is 16.1 Å². The van der Waals surface area contributed by atoms with Gasteiger partial charge in [0.25, 0.3) is 0 Å². The fourth-order valence-electron chi connectivity index (χ4n) is 2.16. The Bertz CT molecular complexity index is 469. The summed E-state index contributed by atoms with van der Waals surface area (Å²) in [7, 11) is 1.67. The number of benzene rings is 1. The van der Waals surface area contributed by atoms with Gasteiger partial charge in [-0.1, -0.05) is 6.07 Å². The molecule has 0 radical (unpaired) electrons. The predicted molar refractivity (Wildman–Crippen MR) is 84.7 cm³/mol. The van der Waals surface area contributed by atoms with Crippen LogP contribution in [0.4, 0.5) is 10.1 Å². The Hall–Kier alpha value is -1.66. The maximum absolute atomic E-state index is 14.0. The third-order valence-electron chi connectivity index (χ3n) is 3.36. The first-order valence-electron chi connectivity index (χ1n) is 7.53. The molecule has 5 nitrogen and oxygen atoms in total. The van der Waals surface area contributed by atoms with E-state index in [2.05, 4.69) is 5.32 Å². The van der Waals surface area contributed by atoms with E-state index in [1.807, 2.05) is 6.92 Å². The molecule has 6 heteroatoms. The number of hydrogen-bond donors (Lipinski definition) is 2. The fraction of sp³-hybridized carbons (Fsp3) is 0.562. The molecule has 0 atom stereocenters. The largest absolute Gasteiger partial charge is 0.481 e. The molecule has 0 fully saturated rings. The lowest BCUT2D eigenvalue weighted by Gasteiger charge is -2.23. The number of carboxylic acid groups (broad SMARTS) is 1. The summed E-state index contributed by atoms with van der Waals surface area (Å²) in [5, 5.41) is 12.1. The van der Waals surface area contributed by atoms with Gasteiger partial charge in [-0.15, -0.1) is 0 Å². The number of aliphatic carboxylic acids is 1. The Kier molecular flexibility index (Phi) is 8.47. The van der Waals surface area contributed by atoms with Crippen molar-refractivity contribution in [3.63, 3.8) is 0 Å². The van der Waals surface area contributed by atoms with Crippen LogP contribution in [0.3, 0.4) is 0 Å². The Balaban J connectivity index is 2.65. The fourth-order valence-corrected chi connectivity index (χ4v) is 2.16. The number of halogens is 1. The Labute approximate surface area is 131 Å². The van der Waals surface area contributed by atoms with Gasteiger partial charge in [0.1, 0.15) is 5.82 Å². The molecule has 0 heterocycles. The molecule has 0 aromatic heterocycles. The van der Waals surface area contributed by atoms with Crippen molar-refractivity contribution in [2.24, 2.45) is 0 Å². The van der Waals surface area contributed by atoms with Gasteiger partial charge in [-0.2, -0.15) is 0 Å². The maximum Gasteiger partial charge on any atom is 0.305 e. The van der Waals surface area contributed by atoms with E-state index in [0.29, 0.717) is 31.9 Å². The first kappa shape index (κ1) is 18.4. The van der Waals surface area contributed by atoms with E-state index in [1.54, 1.807) is 24.1 Å². The molecular weight excluding hydrogens is 287 g/mol. The molecule has 0 unspecified atom stereocenters. The van der Waals surface area contributed by atoms with Crippen LogP contribution in [-0.4, -0.2) is 44.4 Å². The van der Waals surface area contributed by atoms with Crippen LogP contribution in [0.1, 0.15) is 25.3 Å². The monoisotopic (exact) mass is 312 g/mol. The number of nitrogens with zero attached hydrogens (tertiary/aromatic N) is 1. The number of carbonyl (C=O) groups is 1. The van der Waals surface area contributed by atoms with Crippen molar-refractivity contribution in [3.8, 4) is 0 Å².